The average Bonchev–Trinajstić information content (AvgIpc) is 3.14. The fourth-order valence-corrected chi connectivity index (χ4v) is 3.97. The molecule has 0 radical (unpaired) electrons. The normalized spacial score (nSPS) is 13.8. The first-order chi connectivity index (χ1) is 11.3. The van der Waals surface area contributed by atoms with E-state index in [9.17, 15) is 0 Å². The van der Waals surface area contributed by atoms with Gasteiger partial charge in [-0.05, 0) is 42.9 Å². The largest absolute Gasteiger partial charge is 0.481 e. The number of nitrogens with one attached hydrogen (secondary N) is 1. The van der Waals surface area contributed by atoms with Crippen molar-refractivity contribution in [1.82, 2.24) is 5.32 Å². The molecule has 3 heteroatoms. The third kappa shape index (κ3) is 3.26. The second-order valence-corrected chi connectivity index (χ2v) is 6.71. The van der Waals surface area contributed by atoms with Crippen molar-refractivity contribution in [3.63, 3.8) is 0 Å². The molecule has 120 valence electrons. The van der Waals surface area contributed by atoms with Gasteiger partial charge in [0.05, 0.1) is 0 Å². The first-order valence-electron chi connectivity index (χ1n) is 8.14. The molecule has 0 aliphatic carbocycles. The molecule has 0 aliphatic heterocycles. The van der Waals surface area contributed by atoms with Gasteiger partial charge < -0.3 is 10.1 Å². The molecule has 0 unspecified atom stereocenters. The summed E-state index contributed by atoms with van der Waals surface area (Å²) in [5.74, 6) is 0.967. The average molecular weight is 325 g/mol. The molecule has 23 heavy (non-hydrogen) atoms. The van der Waals surface area contributed by atoms with Crippen molar-refractivity contribution in [2.75, 3.05) is 13.6 Å². The lowest BCUT2D eigenvalue weighted by molar-refractivity contribution is 0.0583. The number of benzene rings is 2. The van der Waals surface area contributed by atoms with Crippen LogP contribution in [0.3, 0.4) is 0 Å². The first kappa shape index (κ1) is 16.0. The summed E-state index contributed by atoms with van der Waals surface area (Å²) in [5.41, 5.74) is -0.276. The highest BCUT2D eigenvalue weighted by molar-refractivity contribution is 7.10. The minimum absolute atomic E-state index is 0.276. The minimum atomic E-state index is -0.276. The maximum absolute atomic E-state index is 6.68. The molecule has 1 heterocycles. The fourth-order valence-electron chi connectivity index (χ4n) is 3.01. The van der Waals surface area contributed by atoms with Crippen LogP contribution in [0.5, 0.6) is 5.75 Å². The molecule has 0 spiro atoms. The van der Waals surface area contributed by atoms with E-state index in [4.69, 9.17) is 4.74 Å². The van der Waals surface area contributed by atoms with E-state index >= 15 is 0 Å². The van der Waals surface area contributed by atoms with Crippen LogP contribution < -0.4 is 10.1 Å². The Bertz CT molecular complexity index is 748. The quantitative estimate of drug-likeness (QED) is 0.645. The van der Waals surface area contributed by atoms with Crippen LogP contribution in [0.15, 0.2) is 60.0 Å². The van der Waals surface area contributed by atoms with E-state index in [1.54, 1.807) is 11.3 Å². The van der Waals surface area contributed by atoms with Crippen molar-refractivity contribution < 1.29 is 4.74 Å². The van der Waals surface area contributed by atoms with Gasteiger partial charge in [0.25, 0.3) is 0 Å². The number of hydrogen-bond donors (Lipinski definition) is 1. The molecule has 1 atom stereocenters. The molecule has 0 aliphatic rings. The van der Waals surface area contributed by atoms with Gasteiger partial charge in [-0.25, -0.2) is 0 Å². The number of ether oxygens (including phenoxy) is 1. The topological polar surface area (TPSA) is 21.3 Å². The molecule has 2 aromatic carbocycles. The summed E-state index contributed by atoms with van der Waals surface area (Å²) in [6.07, 6.45) is 1.89. The van der Waals surface area contributed by atoms with Gasteiger partial charge in [0, 0.05) is 16.7 Å². The summed E-state index contributed by atoms with van der Waals surface area (Å²) in [5, 5.41) is 7.79. The Kier molecular flexibility index (Phi) is 4.99. The van der Waals surface area contributed by atoms with Crippen LogP contribution in [0.1, 0.15) is 24.6 Å². The van der Waals surface area contributed by atoms with E-state index in [-0.39, 0.29) is 5.60 Å². The predicted octanol–water partition coefficient (Wildman–Crippen LogP) is 5.20. The van der Waals surface area contributed by atoms with Crippen LogP contribution in [-0.4, -0.2) is 13.6 Å². The molecule has 0 fully saturated rings. The summed E-state index contributed by atoms with van der Waals surface area (Å²) >= 11 is 1.78. The highest BCUT2D eigenvalue weighted by atomic mass is 32.1. The molecule has 3 rings (SSSR count). The van der Waals surface area contributed by atoms with Crippen LogP contribution in [0, 0.1) is 0 Å². The lowest BCUT2D eigenvalue weighted by Crippen LogP contribution is -2.35. The van der Waals surface area contributed by atoms with E-state index in [1.165, 1.54) is 15.6 Å². The Morgan fingerprint density at radius 2 is 1.87 bits per heavy atom. The lowest BCUT2D eigenvalue weighted by atomic mass is 9.93. The van der Waals surface area contributed by atoms with Gasteiger partial charge in [-0.1, -0.05) is 49.4 Å². The molecular weight excluding hydrogens is 302 g/mol. The van der Waals surface area contributed by atoms with Crippen LogP contribution in [0.25, 0.3) is 10.8 Å². The van der Waals surface area contributed by atoms with Crippen molar-refractivity contribution >= 4 is 22.1 Å². The summed E-state index contributed by atoms with van der Waals surface area (Å²) in [4.78, 5) is 1.29. The van der Waals surface area contributed by atoms with Crippen molar-refractivity contribution in [3.8, 4) is 5.75 Å². The van der Waals surface area contributed by atoms with Gasteiger partial charge in [0.1, 0.15) is 11.4 Å². The van der Waals surface area contributed by atoms with Crippen LogP contribution >= 0.6 is 11.3 Å². The van der Waals surface area contributed by atoms with Crippen molar-refractivity contribution in [1.29, 1.82) is 0 Å². The van der Waals surface area contributed by atoms with Gasteiger partial charge in [0.2, 0.25) is 0 Å². The number of hydrogen-bond acceptors (Lipinski definition) is 3. The first-order valence-corrected chi connectivity index (χ1v) is 9.02. The van der Waals surface area contributed by atoms with E-state index in [2.05, 4.69) is 72.2 Å². The summed E-state index contributed by atoms with van der Waals surface area (Å²) in [6, 6.07) is 19.0. The fraction of sp³-hybridized carbons (Fsp3) is 0.300. The van der Waals surface area contributed by atoms with E-state index < -0.39 is 0 Å². The van der Waals surface area contributed by atoms with Gasteiger partial charge in [0.15, 0.2) is 0 Å². The van der Waals surface area contributed by atoms with Gasteiger partial charge in [-0.15, -0.1) is 11.3 Å². The molecule has 0 saturated heterocycles. The van der Waals surface area contributed by atoms with Gasteiger partial charge in [-0.3, -0.25) is 0 Å². The SMILES string of the molecule is CC[C@](CCNC)(Oc1cccc2ccccc12)c1cccs1. The zero-order chi connectivity index (χ0) is 16.1. The maximum Gasteiger partial charge on any atom is 0.144 e. The molecule has 0 amide bonds. The lowest BCUT2D eigenvalue weighted by Gasteiger charge is -2.33. The highest BCUT2D eigenvalue weighted by Gasteiger charge is 2.33. The maximum atomic E-state index is 6.68. The van der Waals surface area contributed by atoms with Crippen molar-refractivity contribution in [2.45, 2.75) is 25.4 Å². The smallest absolute Gasteiger partial charge is 0.144 e. The van der Waals surface area contributed by atoms with E-state index in [0.29, 0.717) is 0 Å². The van der Waals surface area contributed by atoms with Crippen LogP contribution in [0.2, 0.25) is 0 Å². The predicted molar refractivity (Wildman–Crippen MR) is 99.4 cm³/mol. The number of fused-ring (bicyclic) bond motifs is 1. The monoisotopic (exact) mass is 325 g/mol. The molecule has 0 saturated carbocycles. The molecule has 1 N–H and O–H groups in total. The molecule has 0 bridgehead atoms. The Balaban J connectivity index is 2.03. The van der Waals surface area contributed by atoms with Crippen LogP contribution in [-0.2, 0) is 5.60 Å². The summed E-state index contributed by atoms with van der Waals surface area (Å²) in [7, 11) is 1.99. The second kappa shape index (κ2) is 7.16. The number of thiophene rings is 1. The Labute approximate surface area is 142 Å². The second-order valence-electron chi connectivity index (χ2n) is 5.76. The summed E-state index contributed by atoms with van der Waals surface area (Å²) < 4.78 is 6.68. The standard InChI is InChI=1S/C20H23NOS/c1-3-20(13-14-21-2,19-12-7-15-23-19)22-18-11-6-9-16-8-4-5-10-17(16)18/h4-12,15,21H,3,13-14H2,1-2H3/t20-/m1/s1. The van der Waals surface area contributed by atoms with Crippen molar-refractivity contribution in [3.05, 3.63) is 64.9 Å². The third-order valence-electron chi connectivity index (χ3n) is 4.38. The zero-order valence-electron chi connectivity index (χ0n) is 13.7. The van der Waals surface area contributed by atoms with Crippen molar-refractivity contribution in [2.24, 2.45) is 0 Å². The highest BCUT2D eigenvalue weighted by Crippen LogP contribution is 2.39. The van der Waals surface area contributed by atoms with Crippen LogP contribution in [0.4, 0.5) is 0 Å². The Morgan fingerprint density at radius 1 is 1.04 bits per heavy atom. The van der Waals surface area contributed by atoms with Gasteiger partial charge in [-0.2, -0.15) is 0 Å². The Hall–Kier alpha value is -1.84. The third-order valence-corrected chi connectivity index (χ3v) is 5.43. The molecule has 1 aromatic heterocycles. The van der Waals surface area contributed by atoms with E-state index in [1.807, 2.05) is 7.05 Å². The molecule has 2 nitrogen and oxygen atoms in total. The zero-order valence-corrected chi connectivity index (χ0v) is 14.5. The summed E-state index contributed by atoms with van der Waals surface area (Å²) in [6.45, 7) is 3.14. The van der Waals surface area contributed by atoms with Gasteiger partial charge >= 0.3 is 0 Å². The minimum Gasteiger partial charge on any atom is -0.481 e. The molecule has 3 aromatic rings. The van der Waals surface area contributed by atoms with E-state index in [0.717, 1.165) is 25.1 Å². The number of rotatable bonds is 7. The Morgan fingerprint density at radius 3 is 2.61 bits per heavy atom. The molecular formula is C20H23NOS.